The molecule has 1 unspecified atom stereocenters. The van der Waals surface area contributed by atoms with E-state index in [0.29, 0.717) is 24.3 Å². The van der Waals surface area contributed by atoms with Crippen molar-refractivity contribution in [3.05, 3.63) is 28.7 Å². The number of nitrogens with one attached hydrogen (secondary N) is 1. The summed E-state index contributed by atoms with van der Waals surface area (Å²) in [5.74, 6) is 1.07. The lowest BCUT2D eigenvalue weighted by atomic mass is 10.0. The summed E-state index contributed by atoms with van der Waals surface area (Å²) < 4.78 is 11.9. The van der Waals surface area contributed by atoms with Gasteiger partial charge in [0.25, 0.3) is 5.91 Å². The minimum atomic E-state index is -0.0909. The highest BCUT2D eigenvalue weighted by atomic mass is 79.9. The molecule has 1 aliphatic rings. The van der Waals surface area contributed by atoms with E-state index < -0.39 is 0 Å². The van der Waals surface area contributed by atoms with Crippen LogP contribution < -0.4 is 10.1 Å². The lowest BCUT2D eigenvalue weighted by molar-refractivity contribution is -0.123. The van der Waals surface area contributed by atoms with Crippen LogP contribution in [0.2, 0.25) is 0 Å². The van der Waals surface area contributed by atoms with Crippen LogP contribution in [0.3, 0.4) is 0 Å². The summed E-state index contributed by atoms with van der Waals surface area (Å²) in [5.41, 5.74) is 0. The zero-order valence-corrected chi connectivity index (χ0v) is 15.3. The highest BCUT2D eigenvalue weighted by Gasteiger charge is 2.24. The van der Waals surface area contributed by atoms with Crippen molar-refractivity contribution < 1.29 is 14.3 Å². The second kappa shape index (κ2) is 9.25. The molecular formula is C17H25BrN2O3. The monoisotopic (exact) mass is 384 g/mol. The quantitative estimate of drug-likeness (QED) is 0.783. The fourth-order valence-corrected chi connectivity index (χ4v) is 2.91. The maximum atomic E-state index is 12.0. The zero-order chi connectivity index (χ0) is 16.7. The van der Waals surface area contributed by atoms with Crippen LogP contribution in [0.15, 0.2) is 28.7 Å². The van der Waals surface area contributed by atoms with Crippen LogP contribution in [0.1, 0.15) is 13.8 Å². The van der Waals surface area contributed by atoms with Gasteiger partial charge in [-0.2, -0.15) is 0 Å². The van der Waals surface area contributed by atoms with E-state index in [2.05, 4.69) is 40.0 Å². The molecule has 1 saturated heterocycles. The molecule has 128 valence electrons. The van der Waals surface area contributed by atoms with E-state index in [4.69, 9.17) is 9.47 Å². The molecule has 23 heavy (non-hydrogen) atoms. The van der Waals surface area contributed by atoms with Gasteiger partial charge in [-0.1, -0.05) is 29.8 Å². The van der Waals surface area contributed by atoms with E-state index in [9.17, 15) is 4.79 Å². The van der Waals surface area contributed by atoms with Crippen molar-refractivity contribution in [3.63, 3.8) is 0 Å². The Hall–Kier alpha value is -1.11. The van der Waals surface area contributed by atoms with Gasteiger partial charge >= 0.3 is 0 Å². The number of halogens is 1. The van der Waals surface area contributed by atoms with Gasteiger partial charge in [-0.25, -0.2) is 0 Å². The van der Waals surface area contributed by atoms with Crippen LogP contribution in [-0.2, 0) is 9.53 Å². The minimum absolute atomic E-state index is 0.0373. The van der Waals surface area contributed by atoms with Gasteiger partial charge in [0.1, 0.15) is 5.75 Å². The van der Waals surface area contributed by atoms with Crippen molar-refractivity contribution in [3.8, 4) is 5.75 Å². The first kappa shape index (κ1) is 18.2. The van der Waals surface area contributed by atoms with Crippen LogP contribution in [0.25, 0.3) is 0 Å². The van der Waals surface area contributed by atoms with Gasteiger partial charge in [0, 0.05) is 30.1 Å². The van der Waals surface area contributed by atoms with Crippen LogP contribution in [0.5, 0.6) is 5.75 Å². The van der Waals surface area contributed by atoms with Crippen LogP contribution in [-0.4, -0.2) is 56.3 Å². The van der Waals surface area contributed by atoms with Crippen molar-refractivity contribution in [2.45, 2.75) is 19.9 Å². The summed E-state index contributed by atoms with van der Waals surface area (Å²) in [6.07, 6.45) is 0. The van der Waals surface area contributed by atoms with Gasteiger partial charge in [-0.3, -0.25) is 9.69 Å². The molecule has 1 N–H and O–H groups in total. The van der Waals surface area contributed by atoms with E-state index >= 15 is 0 Å². The van der Waals surface area contributed by atoms with Crippen LogP contribution in [0.4, 0.5) is 0 Å². The zero-order valence-electron chi connectivity index (χ0n) is 13.8. The summed E-state index contributed by atoms with van der Waals surface area (Å²) in [5, 5.41) is 2.99. The maximum Gasteiger partial charge on any atom is 0.257 e. The molecule has 1 aromatic rings. The number of rotatable bonds is 7. The summed E-state index contributed by atoms with van der Waals surface area (Å²) in [6, 6.07) is 7.78. The third-order valence-electron chi connectivity index (χ3n) is 3.98. The summed E-state index contributed by atoms with van der Waals surface area (Å²) >= 11 is 3.37. The van der Waals surface area contributed by atoms with Crippen LogP contribution in [0, 0.1) is 5.92 Å². The number of morpholine rings is 1. The van der Waals surface area contributed by atoms with Crippen molar-refractivity contribution in [2.75, 3.05) is 39.5 Å². The van der Waals surface area contributed by atoms with E-state index in [1.807, 2.05) is 24.3 Å². The first-order valence-electron chi connectivity index (χ1n) is 8.03. The van der Waals surface area contributed by atoms with Gasteiger partial charge in [0.15, 0.2) is 6.61 Å². The first-order valence-corrected chi connectivity index (χ1v) is 8.82. The number of carbonyl (C=O) groups is 1. The second-order valence-electron chi connectivity index (χ2n) is 6.01. The standard InChI is InChI=1S/C17H25BrN2O3/c1-13(2)16(20-7-9-22-10-8-20)11-19-17(21)12-23-15-5-3-14(18)4-6-15/h3-6,13,16H,7-12H2,1-2H3,(H,19,21). The number of hydrogen-bond donors (Lipinski definition) is 1. The highest BCUT2D eigenvalue weighted by Crippen LogP contribution is 2.16. The molecule has 1 aromatic carbocycles. The van der Waals surface area contributed by atoms with Gasteiger partial charge in [-0.15, -0.1) is 0 Å². The molecule has 0 spiro atoms. The molecule has 1 atom stereocenters. The normalized spacial score (nSPS) is 17.0. The van der Waals surface area contributed by atoms with Crippen molar-refractivity contribution in [2.24, 2.45) is 5.92 Å². The molecule has 0 aromatic heterocycles. The molecule has 1 fully saturated rings. The minimum Gasteiger partial charge on any atom is -0.484 e. The summed E-state index contributed by atoms with van der Waals surface area (Å²) in [4.78, 5) is 14.4. The third kappa shape index (κ3) is 6.12. The van der Waals surface area contributed by atoms with E-state index in [1.54, 1.807) is 0 Å². The molecule has 1 amide bonds. The summed E-state index contributed by atoms with van der Waals surface area (Å²) in [7, 11) is 0. The smallest absolute Gasteiger partial charge is 0.257 e. The Bertz CT molecular complexity index is 487. The number of nitrogens with zero attached hydrogens (tertiary/aromatic N) is 1. The number of benzene rings is 1. The highest BCUT2D eigenvalue weighted by molar-refractivity contribution is 9.10. The number of carbonyl (C=O) groups excluding carboxylic acids is 1. The molecule has 0 saturated carbocycles. The van der Waals surface area contributed by atoms with Gasteiger partial charge in [0.05, 0.1) is 13.2 Å². The largest absolute Gasteiger partial charge is 0.484 e. The van der Waals surface area contributed by atoms with E-state index in [-0.39, 0.29) is 12.5 Å². The molecule has 2 rings (SSSR count). The molecule has 1 heterocycles. The third-order valence-corrected chi connectivity index (χ3v) is 4.50. The first-order chi connectivity index (χ1) is 11.1. The van der Waals surface area contributed by atoms with Gasteiger partial charge < -0.3 is 14.8 Å². The van der Waals surface area contributed by atoms with Gasteiger partial charge in [0.2, 0.25) is 0 Å². The molecule has 6 heteroatoms. The Morgan fingerprint density at radius 3 is 2.57 bits per heavy atom. The van der Waals surface area contributed by atoms with Crippen molar-refractivity contribution in [1.29, 1.82) is 0 Å². The topological polar surface area (TPSA) is 50.8 Å². The molecular weight excluding hydrogens is 360 g/mol. The average Bonchev–Trinajstić information content (AvgIpc) is 2.55. The summed E-state index contributed by atoms with van der Waals surface area (Å²) in [6.45, 7) is 8.43. The number of amides is 1. The number of hydrogen-bond acceptors (Lipinski definition) is 4. The Balaban J connectivity index is 1.75. The van der Waals surface area contributed by atoms with Crippen molar-refractivity contribution >= 4 is 21.8 Å². The SMILES string of the molecule is CC(C)C(CNC(=O)COc1ccc(Br)cc1)N1CCOCC1. The lowest BCUT2D eigenvalue weighted by Crippen LogP contribution is -2.51. The molecule has 5 nitrogen and oxygen atoms in total. The Labute approximate surface area is 146 Å². The predicted octanol–water partition coefficient (Wildman–Crippen LogP) is 2.30. The second-order valence-corrected chi connectivity index (χ2v) is 6.92. The Morgan fingerprint density at radius 2 is 1.96 bits per heavy atom. The fraction of sp³-hybridized carbons (Fsp3) is 0.588. The Kier molecular flexibility index (Phi) is 7.33. The molecule has 1 aliphatic heterocycles. The average molecular weight is 385 g/mol. The van der Waals surface area contributed by atoms with E-state index in [1.165, 1.54) is 0 Å². The number of ether oxygens (including phenoxy) is 2. The van der Waals surface area contributed by atoms with Crippen molar-refractivity contribution in [1.82, 2.24) is 10.2 Å². The predicted molar refractivity (Wildman–Crippen MR) is 93.7 cm³/mol. The molecule has 0 aliphatic carbocycles. The maximum absolute atomic E-state index is 12.0. The molecule has 0 radical (unpaired) electrons. The molecule has 0 bridgehead atoms. The fourth-order valence-electron chi connectivity index (χ4n) is 2.64. The lowest BCUT2D eigenvalue weighted by Gasteiger charge is -2.36. The van der Waals surface area contributed by atoms with Crippen LogP contribution >= 0.6 is 15.9 Å². The van der Waals surface area contributed by atoms with Gasteiger partial charge in [-0.05, 0) is 30.2 Å². The Morgan fingerprint density at radius 1 is 1.30 bits per heavy atom. The van der Waals surface area contributed by atoms with E-state index in [0.717, 1.165) is 30.8 Å².